The number of hydrogen-bond donors (Lipinski definition) is 2. The van der Waals surface area contributed by atoms with Gasteiger partial charge < -0.3 is 33.7 Å². The van der Waals surface area contributed by atoms with Gasteiger partial charge in [-0.05, 0) is 51.5 Å². The summed E-state index contributed by atoms with van der Waals surface area (Å²) in [7, 11) is 0.916. The van der Waals surface area contributed by atoms with Gasteiger partial charge in [0.05, 0.1) is 57.6 Å². The van der Waals surface area contributed by atoms with Gasteiger partial charge in [0.2, 0.25) is 11.6 Å². The highest BCUT2D eigenvalue weighted by molar-refractivity contribution is 7.53. The van der Waals surface area contributed by atoms with E-state index < -0.39 is 13.6 Å². The van der Waals surface area contributed by atoms with E-state index in [1.54, 1.807) is 58.2 Å². The Balaban J connectivity index is 2.51. The monoisotopic (exact) mass is 468 g/mol. The molecule has 0 saturated heterocycles. The Morgan fingerprint density at radius 1 is 0.969 bits per heavy atom. The second-order valence-electron chi connectivity index (χ2n) is 7.66. The van der Waals surface area contributed by atoms with Gasteiger partial charge in [0.15, 0.2) is 11.5 Å². The molecule has 0 amide bonds. The fourth-order valence-corrected chi connectivity index (χ4v) is 5.37. The molecule has 0 aliphatic rings. The van der Waals surface area contributed by atoms with Crippen LogP contribution in [0.25, 0.3) is 0 Å². The first-order valence-electron chi connectivity index (χ1n) is 10.3. The summed E-state index contributed by atoms with van der Waals surface area (Å²) in [6.45, 7) is 7.22. The summed E-state index contributed by atoms with van der Waals surface area (Å²) in [5.41, 5.74) is 1.33. The van der Waals surface area contributed by atoms with Gasteiger partial charge in [0.25, 0.3) is 0 Å². The van der Waals surface area contributed by atoms with E-state index in [4.69, 9.17) is 23.3 Å². The van der Waals surface area contributed by atoms with Crippen molar-refractivity contribution < 1.29 is 32.9 Å². The smallest absolute Gasteiger partial charge is 0.333 e. The molecule has 1 aromatic carbocycles. The maximum atomic E-state index is 13.7. The zero-order valence-corrected chi connectivity index (χ0v) is 20.5. The second kappa shape index (κ2) is 11.4. The minimum atomic E-state index is -3.52. The van der Waals surface area contributed by atoms with Crippen LogP contribution in [0.4, 0.5) is 5.69 Å². The highest BCUT2D eigenvalue weighted by atomic mass is 31.2. The number of aromatic hydroxyl groups is 1. The molecule has 2 aromatic rings. The van der Waals surface area contributed by atoms with Crippen molar-refractivity contribution in [3.63, 3.8) is 0 Å². The van der Waals surface area contributed by atoms with Crippen LogP contribution in [0.5, 0.6) is 23.1 Å². The molecule has 0 radical (unpaired) electrons. The summed E-state index contributed by atoms with van der Waals surface area (Å²) in [6, 6.07) is 6.28. The minimum Gasteiger partial charge on any atom is -0.502 e. The molecule has 2 rings (SSSR count). The summed E-state index contributed by atoms with van der Waals surface area (Å²) >= 11 is 0. The first-order chi connectivity index (χ1) is 15.1. The zero-order chi connectivity index (χ0) is 23.9. The van der Waals surface area contributed by atoms with Gasteiger partial charge >= 0.3 is 7.60 Å². The molecule has 1 aromatic heterocycles. The van der Waals surface area contributed by atoms with Crippen LogP contribution in [-0.2, 0) is 13.6 Å². The highest BCUT2D eigenvalue weighted by Crippen LogP contribution is 2.54. The third-order valence-electron chi connectivity index (χ3n) is 4.34. The molecule has 9 nitrogen and oxygen atoms in total. The number of benzene rings is 1. The van der Waals surface area contributed by atoms with E-state index in [0.29, 0.717) is 17.1 Å². The highest BCUT2D eigenvalue weighted by Gasteiger charge is 2.33. The number of nitrogens with zero attached hydrogens (tertiary/aromatic N) is 1. The van der Waals surface area contributed by atoms with E-state index in [-0.39, 0.29) is 35.6 Å². The zero-order valence-electron chi connectivity index (χ0n) is 19.6. The average molecular weight is 468 g/mol. The number of hydrogen-bond acceptors (Lipinski definition) is 9. The third-order valence-corrected chi connectivity index (χ3v) is 6.64. The van der Waals surface area contributed by atoms with E-state index in [1.807, 2.05) is 0 Å². The quantitative estimate of drug-likeness (QED) is 0.416. The average Bonchev–Trinajstić information content (AvgIpc) is 2.72. The number of pyridine rings is 1. The Labute approximate surface area is 189 Å². The molecule has 0 aliphatic carbocycles. The van der Waals surface area contributed by atoms with Crippen LogP contribution in [0, 0.1) is 0 Å². The molecule has 1 atom stereocenters. The number of aromatic nitrogens is 1. The van der Waals surface area contributed by atoms with Crippen LogP contribution < -0.4 is 19.5 Å². The molecule has 0 aliphatic heterocycles. The van der Waals surface area contributed by atoms with Gasteiger partial charge in [0.1, 0.15) is 0 Å². The van der Waals surface area contributed by atoms with E-state index in [2.05, 4.69) is 10.3 Å². The Morgan fingerprint density at radius 3 is 1.94 bits per heavy atom. The van der Waals surface area contributed by atoms with Crippen LogP contribution in [0.2, 0.25) is 0 Å². The molecular weight excluding hydrogens is 435 g/mol. The molecule has 0 bridgehead atoms. The fourth-order valence-electron chi connectivity index (χ4n) is 3.11. The maximum Gasteiger partial charge on any atom is 0.333 e. The Bertz CT molecular complexity index is 880. The molecule has 32 heavy (non-hydrogen) atoms. The number of rotatable bonds is 12. The standard InChI is InChI=1S/C22H33N2O7P/c1-14(2)30-32(26,31-15(3)4)13-18(24-17-8-9-21(29-7)23-12-17)16-10-19(27-5)22(25)20(11-16)28-6/h8-12,14-15,18,24-25H,13H2,1-7H3. The molecule has 1 heterocycles. The van der Waals surface area contributed by atoms with Crippen molar-refractivity contribution in [3.8, 4) is 23.1 Å². The second-order valence-corrected chi connectivity index (χ2v) is 9.67. The summed E-state index contributed by atoms with van der Waals surface area (Å²) in [5, 5.41) is 13.6. The molecule has 0 fully saturated rings. The van der Waals surface area contributed by atoms with Crippen LogP contribution in [0.3, 0.4) is 0 Å². The normalized spacial score (nSPS) is 12.7. The number of anilines is 1. The Kier molecular flexibility index (Phi) is 9.19. The lowest BCUT2D eigenvalue weighted by atomic mass is 10.1. The summed E-state index contributed by atoms with van der Waals surface area (Å²) in [4.78, 5) is 4.21. The number of methoxy groups -OCH3 is 3. The van der Waals surface area contributed by atoms with E-state index in [9.17, 15) is 9.67 Å². The van der Waals surface area contributed by atoms with Gasteiger partial charge in [-0.25, -0.2) is 4.98 Å². The first kappa shape index (κ1) is 25.8. The topological polar surface area (TPSA) is 108 Å². The minimum absolute atomic E-state index is 0.0203. The van der Waals surface area contributed by atoms with Crippen molar-refractivity contribution in [2.24, 2.45) is 0 Å². The van der Waals surface area contributed by atoms with Crippen LogP contribution in [0.1, 0.15) is 39.3 Å². The Hall–Kier alpha value is -2.48. The van der Waals surface area contributed by atoms with Crippen molar-refractivity contribution in [1.82, 2.24) is 4.98 Å². The lowest BCUT2D eigenvalue weighted by molar-refractivity contribution is 0.142. The third kappa shape index (κ3) is 7.02. The number of nitrogens with one attached hydrogen (secondary N) is 1. The van der Waals surface area contributed by atoms with E-state index in [1.165, 1.54) is 21.3 Å². The molecule has 0 spiro atoms. The molecule has 0 saturated carbocycles. The van der Waals surface area contributed by atoms with Crippen molar-refractivity contribution in [1.29, 1.82) is 0 Å². The maximum absolute atomic E-state index is 13.7. The predicted octanol–water partition coefficient (Wildman–Crippen LogP) is 5.01. The molecule has 2 N–H and O–H groups in total. The largest absolute Gasteiger partial charge is 0.502 e. The van der Waals surface area contributed by atoms with E-state index in [0.717, 1.165) is 0 Å². The van der Waals surface area contributed by atoms with Crippen LogP contribution >= 0.6 is 7.60 Å². The van der Waals surface area contributed by atoms with Crippen molar-refractivity contribution in [2.45, 2.75) is 45.9 Å². The predicted molar refractivity (Wildman–Crippen MR) is 123 cm³/mol. The van der Waals surface area contributed by atoms with Crippen molar-refractivity contribution >= 4 is 13.3 Å². The summed E-state index contributed by atoms with van der Waals surface area (Å²) in [5.74, 6) is 0.799. The number of phenolic OH excluding ortho intramolecular Hbond substituents is 1. The van der Waals surface area contributed by atoms with Gasteiger partial charge in [-0.2, -0.15) is 0 Å². The Morgan fingerprint density at radius 2 is 1.53 bits per heavy atom. The molecule has 178 valence electrons. The molecule has 1 unspecified atom stereocenters. The van der Waals surface area contributed by atoms with Gasteiger partial charge in [-0.15, -0.1) is 0 Å². The van der Waals surface area contributed by atoms with Gasteiger partial charge in [-0.1, -0.05) is 0 Å². The van der Waals surface area contributed by atoms with Gasteiger partial charge in [-0.3, -0.25) is 4.57 Å². The number of ether oxygens (including phenoxy) is 3. The number of phenols is 1. The van der Waals surface area contributed by atoms with Crippen LogP contribution in [0.15, 0.2) is 30.5 Å². The van der Waals surface area contributed by atoms with Gasteiger partial charge in [0, 0.05) is 6.07 Å². The van der Waals surface area contributed by atoms with E-state index >= 15 is 0 Å². The first-order valence-corrected chi connectivity index (χ1v) is 12.0. The van der Waals surface area contributed by atoms with Crippen LogP contribution in [-0.4, -0.2) is 49.8 Å². The van der Waals surface area contributed by atoms with Crippen molar-refractivity contribution in [2.75, 3.05) is 32.8 Å². The summed E-state index contributed by atoms with van der Waals surface area (Å²) < 4.78 is 40.9. The SMILES string of the molecule is COc1ccc(NC(CP(=O)(OC(C)C)OC(C)C)c2cc(OC)c(O)c(OC)c2)cn1. The lowest BCUT2D eigenvalue weighted by Crippen LogP contribution is -2.20. The molecule has 10 heteroatoms. The lowest BCUT2D eigenvalue weighted by Gasteiger charge is -2.28. The fraction of sp³-hybridized carbons (Fsp3) is 0.500. The molecular formula is C22H33N2O7P. The van der Waals surface area contributed by atoms with Crippen molar-refractivity contribution in [3.05, 3.63) is 36.0 Å². The summed E-state index contributed by atoms with van der Waals surface area (Å²) in [6.07, 6.45) is 1.03.